The van der Waals surface area contributed by atoms with Gasteiger partial charge in [-0.2, -0.15) is 8.42 Å². The van der Waals surface area contributed by atoms with Crippen LogP contribution in [-0.4, -0.2) is 19.0 Å². The Morgan fingerprint density at radius 3 is 1.85 bits per heavy atom. The van der Waals surface area contributed by atoms with E-state index >= 15 is 0 Å². The molecule has 0 bridgehead atoms. The summed E-state index contributed by atoms with van der Waals surface area (Å²) in [6.45, 7) is 2.08. The van der Waals surface area contributed by atoms with Crippen molar-refractivity contribution in [1.29, 1.82) is 0 Å². The Morgan fingerprint density at radius 1 is 1.31 bits per heavy atom. The average Bonchev–Trinajstić information content (AvgIpc) is 2.06. The van der Waals surface area contributed by atoms with Gasteiger partial charge in [0.15, 0.2) is 0 Å². The fraction of sp³-hybridized carbons (Fsp3) is 0.250. The molecule has 1 aromatic rings. The molecule has 0 amide bonds. The number of rotatable bonds is 1. The zero-order chi connectivity index (χ0) is 10.3. The average molecular weight is 206 g/mol. The highest BCUT2D eigenvalue weighted by molar-refractivity contribution is 7.85. The molecule has 0 heterocycles. The van der Waals surface area contributed by atoms with Crippen LogP contribution < -0.4 is 0 Å². The van der Waals surface area contributed by atoms with Gasteiger partial charge < -0.3 is 0 Å². The highest BCUT2D eigenvalue weighted by Crippen LogP contribution is 1.92. The Balaban J connectivity index is 0.000000226. The van der Waals surface area contributed by atoms with E-state index in [0.717, 1.165) is 0 Å². The maximum Gasteiger partial charge on any atom is 0.294 e. The van der Waals surface area contributed by atoms with E-state index in [-0.39, 0.29) is 0 Å². The molecule has 0 unspecified atom stereocenters. The van der Waals surface area contributed by atoms with E-state index in [9.17, 15) is 12.8 Å². The van der Waals surface area contributed by atoms with Crippen molar-refractivity contribution in [3.8, 4) is 0 Å². The third-order valence-corrected chi connectivity index (χ3v) is 1.35. The molecular weight excluding hydrogens is 195 g/mol. The van der Waals surface area contributed by atoms with Gasteiger partial charge in [-0.3, -0.25) is 4.55 Å². The van der Waals surface area contributed by atoms with Crippen LogP contribution in [0, 0.1) is 6.92 Å². The first kappa shape index (κ1) is 12.1. The van der Waals surface area contributed by atoms with E-state index in [0.29, 0.717) is 0 Å². The molecule has 0 aliphatic carbocycles. The van der Waals surface area contributed by atoms with Crippen LogP contribution in [0.5, 0.6) is 0 Å². The normalized spacial score (nSPS) is 10.1. The minimum Gasteiger partial charge on any atom is -0.284 e. The molecule has 1 aromatic carbocycles. The largest absolute Gasteiger partial charge is 0.294 e. The predicted octanol–water partition coefficient (Wildman–Crippen LogP) is 1.80. The Bertz CT molecular complexity index is 321. The molecule has 1 N–H and O–H groups in total. The molecule has 0 atom stereocenters. The van der Waals surface area contributed by atoms with Gasteiger partial charge in [-0.05, 0) is 6.92 Å². The van der Waals surface area contributed by atoms with E-state index < -0.39 is 16.1 Å². The maximum absolute atomic E-state index is 10.7. The number of hydrogen-bond donors (Lipinski definition) is 1. The van der Waals surface area contributed by atoms with Gasteiger partial charge in [0.25, 0.3) is 10.1 Å². The summed E-state index contributed by atoms with van der Waals surface area (Å²) in [5.41, 5.74) is 1.32. The van der Waals surface area contributed by atoms with Gasteiger partial charge in [-0.25, -0.2) is 4.39 Å². The smallest absolute Gasteiger partial charge is 0.284 e. The Morgan fingerprint density at radius 2 is 1.69 bits per heavy atom. The van der Waals surface area contributed by atoms with Gasteiger partial charge >= 0.3 is 0 Å². The molecule has 3 nitrogen and oxygen atoms in total. The lowest BCUT2D eigenvalue weighted by molar-refractivity contribution is 0.447. The molecule has 1 rings (SSSR count). The van der Waals surface area contributed by atoms with E-state index in [1.54, 1.807) is 0 Å². The predicted molar refractivity (Wildman–Crippen MR) is 48.7 cm³/mol. The first-order valence-corrected chi connectivity index (χ1v) is 5.09. The molecule has 0 aromatic heterocycles. The van der Waals surface area contributed by atoms with Crippen LogP contribution in [0.4, 0.5) is 4.39 Å². The summed E-state index contributed by atoms with van der Waals surface area (Å²) in [4.78, 5) is 0. The standard InChI is InChI=1S/C7H8.CH3FO3S/c1-7-5-3-2-4-6-7;2-1-6(3,4)5/h2-6H,1H3;1H2,(H,3,4,5). The first-order valence-electron chi connectivity index (χ1n) is 3.48. The van der Waals surface area contributed by atoms with Gasteiger partial charge in [0.1, 0.15) is 0 Å². The summed E-state index contributed by atoms with van der Waals surface area (Å²) in [5.74, 6) is 0. The lowest BCUT2D eigenvalue weighted by Crippen LogP contribution is -1.96. The van der Waals surface area contributed by atoms with Crippen LogP contribution in [0.1, 0.15) is 5.56 Å². The monoisotopic (exact) mass is 206 g/mol. The van der Waals surface area contributed by atoms with Gasteiger partial charge in [-0.1, -0.05) is 35.9 Å². The molecule has 0 fully saturated rings. The molecule has 0 aliphatic rings. The summed E-state index contributed by atoms with van der Waals surface area (Å²) in [7, 11) is -4.33. The lowest BCUT2D eigenvalue weighted by Gasteiger charge is -1.82. The number of aryl methyl sites for hydroxylation is 1. The van der Waals surface area contributed by atoms with Gasteiger partial charge in [0.05, 0.1) is 0 Å². The lowest BCUT2D eigenvalue weighted by atomic mass is 10.2. The number of hydrogen-bond acceptors (Lipinski definition) is 2. The third-order valence-electron chi connectivity index (χ3n) is 1.08. The topological polar surface area (TPSA) is 54.4 Å². The molecular formula is C8H11FO3S. The van der Waals surface area contributed by atoms with Crippen molar-refractivity contribution in [2.45, 2.75) is 6.92 Å². The van der Waals surface area contributed by atoms with Crippen molar-refractivity contribution in [3.05, 3.63) is 35.9 Å². The van der Waals surface area contributed by atoms with Crippen molar-refractivity contribution in [2.75, 3.05) is 6.01 Å². The van der Waals surface area contributed by atoms with Crippen LogP contribution >= 0.6 is 0 Å². The van der Waals surface area contributed by atoms with Crippen LogP contribution in [0.3, 0.4) is 0 Å². The fourth-order valence-electron chi connectivity index (χ4n) is 0.534. The Kier molecular flexibility index (Phi) is 5.25. The van der Waals surface area contributed by atoms with Crippen LogP contribution in [0.15, 0.2) is 30.3 Å². The minimum atomic E-state index is -4.33. The van der Waals surface area contributed by atoms with Crippen LogP contribution in [-0.2, 0) is 10.1 Å². The van der Waals surface area contributed by atoms with E-state index in [4.69, 9.17) is 4.55 Å². The summed E-state index contributed by atoms with van der Waals surface area (Å²) in [6.07, 6.45) is 0. The second-order valence-corrected chi connectivity index (χ2v) is 3.73. The highest BCUT2D eigenvalue weighted by Gasteiger charge is 1.97. The van der Waals surface area contributed by atoms with Gasteiger partial charge in [-0.15, -0.1) is 0 Å². The van der Waals surface area contributed by atoms with E-state index in [1.807, 2.05) is 18.2 Å². The third kappa shape index (κ3) is 8.97. The molecule has 0 saturated carbocycles. The zero-order valence-corrected chi connectivity index (χ0v) is 7.96. The van der Waals surface area contributed by atoms with Crippen molar-refractivity contribution < 1.29 is 17.4 Å². The first-order chi connectivity index (χ1) is 5.95. The molecule has 74 valence electrons. The highest BCUT2D eigenvalue weighted by atomic mass is 32.2. The van der Waals surface area contributed by atoms with Crippen molar-refractivity contribution >= 4 is 10.1 Å². The Hall–Kier alpha value is -0.940. The zero-order valence-electron chi connectivity index (χ0n) is 7.14. The number of halogens is 1. The van der Waals surface area contributed by atoms with Gasteiger partial charge in [0.2, 0.25) is 6.01 Å². The Labute approximate surface area is 77.0 Å². The van der Waals surface area contributed by atoms with Crippen LogP contribution in [0.2, 0.25) is 0 Å². The molecule has 5 heteroatoms. The summed E-state index contributed by atoms with van der Waals surface area (Å²) >= 11 is 0. The fourth-order valence-corrected chi connectivity index (χ4v) is 0.534. The maximum atomic E-state index is 10.7. The van der Waals surface area contributed by atoms with Crippen molar-refractivity contribution in [2.24, 2.45) is 0 Å². The minimum absolute atomic E-state index is 1.32. The molecule has 0 saturated heterocycles. The quantitative estimate of drug-likeness (QED) is 0.713. The second kappa shape index (κ2) is 5.66. The number of alkyl halides is 1. The molecule has 0 aliphatic heterocycles. The molecule has 13 heavy (non-hydrogen) atoms. The summed E-state index contributed by atoms with van der Waals surface area (Å²) in [5, 5.41) is 0. The molecule has 0 radical (unpaired) electrons. The molecule has 0 spiro atoms. The second-order valence-electron chi connectivity index (χ2n) is 2.35. The van der Waals surface area contributed by atoms with Crippen molar-refractivity contribution in [1.82, 2.24) is 0 Å². The summed E-state index contributed by atoms with van der Waals surface area (Å²) < 4.78 is 36.4. The SMILES string of the molecule is Cc1ccccc1.O=S(=O)(O)CF. The van der Waals surface area contributed by atoms with Gasteiger partial charge in [0, 0.05) is 0 Å². The van der Waals surface area contributed by atoms with Crippen LogP contribution in [0.25, 0.3) is 0 Å². The summed E-state index contributed by atoms with van der Waals surface area (Å²) in [6, 6.07) is 8.56. The van der Waals surface area contributed by atoms with Crippen molar-refractivity contribution in [3.63, 3.8) is 0 Å². The van der Waals surface area contributed by atoms with E-state index in [2.05, 4.69) is 19.1 Å². The number of benzene rings is 1. The van der Waals surface area contributed by atoms with E-state index in [1.165, 1.54) is 5.56 Å².